The lowest BCUT2D eigenvalue weighted by Crippen LogP contribution is -2.41. The van der Waals surface area contributed by atoms with Crippen LogP contribution in [0.3, 0.4) is 0 Å². The van der Waals surface area contributed by atoms with Crippen molar-refractivity contribution in [2.24, 2.45) is 0 Å². The third-order valence-electron chi connectivity index (χ3n) is 5.56. The summed E-state index contributed by atoms with van der Waals surface area (Å²) in [6, 6.07) is 11.1. The van der Waals surface area contributed by atoms with E-state index in [0.717, 1.165) is 12.3 Å². The van der Waals surface area contributed by atoms with Crippen molar-refractivity contribution in [2.75, 3.05) is 17.3 Å². The molecule has 1 aliphatic rings. The largest absolute Gasteiger partial charge is 0.349 e. The number of halogens is 2. The first kappa shape index (κ1) is 25.0. The van der Waals surface area contributed by atoms with E-state index in [0.29, 0.717) is 35.3 Å². The molecule has 4 rings (SSSR count). The number of aryl methyl sites for hydroxylation is 1. The van der Waals surface area contributed by atoms with Crippen molar-refractivity contribution in [1.29, 1.82) is 5.26 Å². The molecule has 0 radical (unpaired) electrons. The van der Waals surface area contributed by atoms with E-state index in [1.54, 1.807) is 24.3 Å². The van der Waals surface area contributed by atoms with Crippen LogP contribution in [0.15, 0.2) is 42.5 Å². The molecule has 0 fully saturated rings. The molecule has 0 spiro atoms. The number of sulfone groups is 1. The number of aromatic nitrogens is 2. The van der Waals surface area contributed by atoms with E-state index in [1.807, 2.05) is 6.07 Å². The van der Waals surface area contributed by atoms with Crippen LogP contribution in [0.5, 0.6) is 0 Å². The summed E-state index contributed by atoms with van der Waals surface area (Å²) in [4.78, 5) is 25.5. The number of fused-ring (bicyclic) bond motifs is 1. The molecule has 1 atom stereocenters. The van der Waals surface area contributed by atoms with Crippen molar-refractivity contribution in [2.45, 2.75) is 25.3 Å². The van der Waals surface area contributed by atoms with Crippen LogP contribution in [0.25, 0.3) is 5.69 Å². The lowest BCUT2D eigenvalue weighted by atomic mass is 9.96. The van der Waals surface area contributed by atoms with Crippen LogP contribution in [0, 0.1) is 23.0 Å². The van der Waals surface area contributed by atoms with E-state index in [1.165, 1.54) is 16.8 Å². The Kier molecular flexibility index (Phi) is 6.85. The number of hydrogen-bond donors (Lipinski definition) is 2. The number of anilines is 1. The molecule has 0 aliphatic carbocycles. The number of rotatable bonds is 7. The zero-order chi connectivity index (χ0) is 26.0. The molecule has 1 aromatic heterocycles. The Morgan fingerprint density at radius 1 is 1.22 bits per heavy atom. The second kappa shape index (κ2) is 9.87. The van der Waals surface area contributed by atoms with Crippen LogP contribution in [0.1, 0.15) is 33.6 Å². The molecule has 36 heavy (non-hydrogen) atoms. The third-order valence-corrected chi connectivity index (χ3v) is 6.34. The van der Waals surface area contributed by atoms with Gasteiger partial charge in [-0.3, -0.25) is 9.59 Å². The minimum atomic E-state index is -3.63. The van der Waals surface area contributed by atoms with Gasteiger partial charge in [0.05, 0.1) is 23.0 Å². The predicted molar refractivity (Wildman–Crippen MR) is 126 cm³/mol. The number of amides is 2. The van der Waals surface area contributed by atoms with E-state index in [4.69, 9.17) is 5.26 Å². The Labute approximate surface area is 205 Å². The van der Waals surface area contributed by atoms with E-state index in [-0.39, 0.29) is 23.8 Å². The number of nitriles is 1. The van der Waals surface area contributed by atoms with Crippen LogP contribution in [0.4, 0.5) is 14.6 Å². The lowest BCUT2D eigenvalue weighted by Gasteiger charge is -2.23. The van der Waals surface area contributed by atoms with Gasteiger partial charge < -0.3 is 10.6 Å². The van der Waals surface area contributed by atoms with Gasteiger partial charge in [-0.2, -0.15) is 10.4 Å². The molecule has 2 amide bonds. The second-order valence-electron chi connectivity index (χ2n) is 8.55. The Bertz CT molecular complexity index is 1470. The molecule has 186 valence electrons. The molecule has 2 heterocycles. The first-order valence-corrected chi connectivity index (χ1v) is 12.9. The van der Waals surface area contributed by atoms with Crippen LogP contribution < -0.4 is 10.6 Å². The molecule has 0 unspecified atom stereocenters. The maximum absolute atomic E-state index is 13.5. The van der Waals surface area contributed by atoms with E-state index in [9.17, 15) is 26.8 Å². The van der Waals surface area contributed by atoms with Gasteiger partial charge in [0, 0.05) is 24.8 Å². The number of hydrogen-bond acceptors (Lipinski definition) is 6. The van der Waals surface area contributed by atoms with Crippen LogP contribution in [0.2, 0.25) is 0 Å². The standard InChI is InChI=1S/C24H21F2N5O4S/c1-36(34,35)13-21(32)29-23-22-20(30-31(23)19-6-3-14(12-27)4-7-19)11-18(28-24(22)33)5-2-15-8-16(25)10-17(26)9-15/h3-4,6-10,18H,2,5,11,13H2,1H3,(H,28,33)(H,29,32)/t18-/m0/s1. The van der Waals surface area contributed by atoms with Crippen molar-refractivity contribution in [1.82, 2.24) is 15.1 Å². The smallest absolute Gasteiger partial charge is 0.257 e. The molecule has 2 aromatic carbocycles. The van der Waals surface area contributed by atoms with Crippen molar-refractivity contribution < 1.29 is 26.8 Å². The average Bonchev–Trinajstić information content (AvgIpc) is 3.14. The fourth-order valence-electron chi connectivity index (χ4n) is 4.04. The minimum Gasteiger partial charge on any atom is -0.349 e. The summed E-state index contributed by atoms with van der Waals surface area (Å²) in [7, 11) is -3.63. The van der Waals surface area contributed by atoms with Crippen LogP contribution in [-0.4, -0.2) is 48.1 Å². The monoisotopic (exact) mass is 513 g/mol. The number of carbonyl (C=O) groups excluding carboxylic acids is 2. The van der Waals surface area contributed by atoms with E-state index < -0.39 is 39.0 Å². The predicted octanol–water partition coefficient (Wildman–Crippen LogP) is 2.29. The van der Waals surface area contributed by atoms with Gasteiger partial charge in [-0.15, -0.1) is 0 Å². The van der Waals surface area contributed by atoms with Crippen molar-refractivity contribution in [3.8, 4) is 11.8 Å². The lowest BCUT2D eigenvalue weighted by molar-refractivity contribution is -0.113. The van der Waals surface area contributed by atoms with Crippen LogP contribution >= 0.6 is 0 Å². The first-order valence-electron chi connectivity index (χ1n) is 10.9. The normalized spacial score (nSPS) is 15.1. The van der Waals surface area contributed by atoms with Gasteiger partial charge in [-0.05, 0) is 54.8 Å². The van der Waals surface area contributed by atoms with Gasteiger partial charge in [-0.25, -0.2) is 21.9 Å². The van der Waals surface area contributed by atoms with Gasteiger partial charge in [-0.1, -0.05) is 0 Å². The zero-order valence-electron chi connectivity index (χ0n) is 19.1. The number of nitrogens with one attached hydrogen (secondary N) is 2. The van der Waals surface area contributed by atoms with Gasteiger partial charge in [0.15, 0.2) is 9.84 Å². The Balaban J connectivity index is 1.64. The zero-order valence-corrected chi connectivity index (χ0v) is 19.9. The summed E-state index contributed by atoms with van der Waals surface area (Å²) in [5, 5.41) is 18.9. The van der Waals surface area contributed by atoms with Crippen molar-refractivity contribution >= 4 is 27.5 Å². The van der Waals surface area contributed by atoms with Gasteiger partial charge >= 0.3 is 0 Å². The minimum absolute atomic E-state index is 0.00603. The quantitative estimate of drug-likeness (QED) is 0.498. The van der Waals surface area contributed by atoms with Gasteiger partial charge in [0.25, 0.3) is 5.91 Å². The molecule has 9 nitrogen and oxygen atoms in total. The van der Waals surface area contributed by atoms with Crippen LogP contribution in [-0.2, 0) is 27.5 Å². The Morgan fingerprint density at radius 3 is 2.50 bits per heavy atom. The SMILES string of the molecule is CS(=O)(=O)CC(=O)Nc1c2c(nn1-c1ccc(C#N)cc1)C[C@H](CCc1cc(F)cc(F)c1)NC2=O. The topological polar surface area (TPSA) is 134 Å². The summed E-state index contributed by atoms with van der Waals surface area (Å²) in [5.41, 5.74) is 1.74. The highest BCUT2D eigenvalue weighted by atomic mass is 32.2. The molecular formula is C24H21F2N5O4S. The van der Waals surface area contributed by atoms with Crippen molar-refractivity contribution in [3.63, 3.8) is 0 Å². The summed E-state index contributed by atoms with van der Waals surface area (Å²) < 4.78 is 51.5. The fraction of sp³-hybridized carbons (Fsp3) is 0.250. The van der Waals surface area contributed by atoms with Gasteiger partial charge in [0.1, 0.15) is 28.8 Å². The highest BCUT2D eigenvalue weighted by Gasteiger charge is 2.33. The summed E-state index contributed by atoms with van der Waals surface area (Å²) in [6.45, 7) is 0. The maximum Gasteiger partial charge on any atom is 0.257 e. The number of benzene rings is 2. The Hall–Kier alpha value is -4.11. The molecule has 1 aliphatic heterocycles. The summed E-state index contributed by atoms with van der Waals surface area (Å²) in [6.07, 6.45) is 1.88. The number of nitrogens with zero attached hydrogens (tertiary/aromatic N) is 3. The highest BCUT2D eigenvalue weighted by Crippen LogP contribution is 2.29. The fourth-order valence-corrected chi connectivity index (χ4v) is 4.59. The van der Waals surface area contributed by atoms with E-state index in [2.05, 4.69) is 15.7 Å². The van der Waals surface area contributed by atoms with Crippen molar-refractivity contribution in [3.05, 3.63) is 76.5 Å². The molecule has 2 N–H and O–H groups in total. The number of carbonyl (C=O) groups is 2. The third kappa shape index (κ3) is 5.75. The molecule has 12 heteroatoms. The first-order chi connectivity index (χ1) is 17.0. The second-order valence-corrected chi connectivity index (χ2v) is 10.7. The summed E-state index contributed by atoms with van der Waals surface area (Å²) in [5.74, 6) is -3.51. The highest BCUT2D eigenvalue weighted by molar-refractivity contribution is 7.91. The maximum atomic E-state index is 13.5. The van der Waals surface area contributed by atoms with E-state index >= 15 is 0 Å². The molecule has 3 aromatic rings. The Morgan fingerprint density at radius 2 is 1.89 bits per heavy atom. The van der Waals surface area contributed by atoms with Gasteiger partial charge in [0.2, 0.25) is 5.91 Å². The average molecular weight is 514 g/mol. The molecular weight excluding hydrogens is 492 g/mol. The molecule has 0 saturated heterocycles. The summed E-state index contributed by atoms with van der Waals surface area (Å²) >= 11 is 0. The molecule has 0 saturated carbocycles. The molecule has 0 bridgehead atoms.